The molecular weight excluding hydrogens is 276 g/mol. The normalized spacial score (nSPS) is 19.9. The van der Waals surface area contributed by atoms with Crippen molar-refractivity contribution in [1.82, 2.24) is 4.31 Å². The molecule has 6 heteroatoms. The SMILES string of the molecule is CC(O)C1CCN(S(=O)(=O)Cc2cccc(N)c2)CC1. The van der Waals surface area contributed by atoms with Crippen molar-refractivity contribution in [2.75, 3.05) is 18.8 Å². The molecule has 5 nitrogen and oxygen atoms in total. The number of nitrogens with zero attached hydrogens (tertiary/aromatic N) is 1. The number of sulfonamides is 1. The fourth-order valence-corrected chi connectivity index (χ4v) is 4.17. The lowest BCUT2D eigenvalue weighted by molar-refractivity contribution is 0.0912. The third kappa shape index (κ3) is 3.71. The summed E-state index contributed by atoms with van der Waals surface area (Å²) in [4.78, 5) is 0. The summed E-state index contributed by atoms with van der Waals surface area (Å²) in [6.45, 7) is 2.74. The maximum Gasteiger partial charge on any atom is 0.218 e. The van der Waals surface area contributed by atoms with Crippen LogP contribution in [0.25, 0.3) is 0 Å². The summed E-state index contributed by atoms with van der Waals surface area (Å²) >= 11 is 0. The molecule has 0 aliphatic carbocycles. The highest BCUT2D eigenvalue weighted by molar-refractivity contribution is 7.88. The van der Waals surface area contributed by atoms with Crippen LogP contribution >= 0.6 is 0 Å². The van der Waals surface area contributed by atoms with E-state index in [9.17, 15) is 13.5 Å². The molecule has 112 valence electrons. The summed E-state index contributed by atoms with van der Waals surface area (Å²) in [7, 11) is -3.31. The molecule has 20 heavy (non-hydrogen) atoms. The molecule has 1 heterocycles. The molecule has 0 amide bonds. The fraction of sp³-hybridized carbons (Fsp3) is 0.571. The molecule has 1 unspecified atom stereocenters. The van der Waals surface area contributed by atoms with Gasteiger partial charge < -0.3 is 10.8 Å². The first-order valence-electron chi connectivity index (χ1n) is 6.89. The van der Waals surface area contributed by atoms with Gasteiger partial charge in [-0.3, -0.25) is 0 Å². The van der Waals surface area contributed by atoms with Crippen LogP contribution in [-0.2, 0) is 15.8 Å². The highest BCUT2D eigenvalue weighted by atomic mass is 32.2. The van der Waals surface area contributed by atoms with Gasteiger partial charge in [-0.05, 0) is 43.4 Å². The van der Waals surface area contributed by atoms with E-state index in [0.717, 1.165) is 0 Å². The molecule has 1 aliphatic rings. The van der Waals surface area contributed by atoms with Gasteiger partial charge in [0.05, 0.1) is 11.9 Å². The monoisotopic (exact) mass is 298 g/mol. The number of anilines is 1. The van der Waals surface area contributed by atoms with Gasteiger partial charge >= 0.3 is 0 Å². The first kappa shape index (κ1) is 15.3. The fourth-order valence-electron chi connectivity index (χ4n) is 2.62. The van der Waals surface area contributed by atoms with E-state index in [0.29, 0.717) is 37.2 Å². The molecule has 1 atom stereocenters. The maximum atomic E-state index is 12.4. The van der Waals surface area contributed by atoms with Gasteiger partial charge in [-0.15, -0.1) is 0 Å². The Balaban J connectivity index is 2.01. The lowest BCUT2D eigenvalue weighted by atomic mass is 9.93. The van der Waals surface area contributed by atoms with Gasteiger partial charge in [0.2, 0.25) is 10.0 Å². The van der Waals surface area contributed by atoms with Gasteiger partial charge in [0, 0.05) is 18.8 Å². The predicted molar refractivity (Wildman–Crippen MR) is 79.5 cm³/mol. The van der Waals surface area contributed by atoms with Crippen molar-refractivity contribution in [3.8, 4) is 0 Å². The van der Waals surface area contributed by atoms with Crippen LogP contribution in [0.5, 0.6) is 0 Å². The average Bonchev–Trinajstić information content (AvgIpc) is 2.38. The van der Waals surface area contributed by atoms with Crippen LogP contribution in [0, 0.1) is 5.92 Å². The van der Waals surface area contributed by atoms with Crippen LogP contribution < -0.4 is 5.73 Å². The molecule has 1 fully saturated rings. The number of nitrogens with two attached hydrogens (primary N) is 1. The van der Waals surface area contributed by atoms with Crippen LogP contribution in [0.2, 0.25) is 0 Å². The van der Waals surface area contributed by atoms with Crippen molar-refractivity contribution in [2.45, 2.75) is 31.6 Å². The second-order valence-electron chi connectivity index (χ2n) is 5.48. The van der Waals surface area contributed by atoms with Crippen LogP contribution in [0.4, 0.5) is 5.69 Å². The van der Waals surface area contributed by atoms with Gasteiger partial charge in [-0.25, -0.2) is 12.7 Å². The zero-order chi connectivity index (χ0) is 14.8. The Morgan fingerprint density at radius 1 is 1.40 bits per heavy atom. The zero-order valence-corrected chi connectivity index (χ0v) is 12.5. The van der Waals surface area contributed by atoms with Gasteiger partial charge in [-0.1, -0.05) is 12.1 Å². The number of benzene rings is 1. The van der Waals surface area contributed by atoms with Crippen molar-refractivity contribution in [2.24, 2.45) is 5.92 Å². The largest absolute Gasteiger partial charge is 0.399 e. The van der Waals surface area contributed by atoms with E-state index < -0.39 is 10.0 Å². The molecule has 0 spiro atoms. The molecular formula is C14H22N2O3S. The number of hydrogen-bond donors (Lipinski definition) is 2. The molecule has 0 aromatic heterocycles. The lowest BCUT2D eigenvalue weighted by Gasteiger charge is -2.32. The summed E-state index contributed by atoms with van der Waals surface area (Å²) in [6, 6.07) is 6.97. The Morgan fingerprint density at radius 3 is 2.60 bits per heavy atom. The minimum atomic E-state index is -3.31. The second-order valence-corrected chi connectivity index (χ2v) is 7.45. The lowest BCUT2D eigenvalue weighted by Crippen LogP contribution is -2.41. The van der Waals surface area contributed by atoms with Crippen LogP contribution in [0.15, 0.2) is 24.3 Å². The van der Waals surface area contributed by atoms with E-state index in [4.69, 9.17) is 5.73 Å². The van der Waals surface area contributed by atoms with E-state index in [1.807, 2.05) is 0 Å². The topological polar surface area (TPSA) is 83.6 Å². The van der Waals surface area contributed by atoms with Crippen molar-refractivity contribution < 1.29 is 13.5 Å². The molecule has 1 saturated heterocycles. The minimum absolute atomic E-state index is 0.0165. The summed E-state index contributed by atoms with van der Waals surface area (Å²) < 4.78 is 26.3. The number of rotatable bonds is 4. The van der Waals surface area contributed by atoms with E-state index in [1.54, 1.807) is 31.2 Å². The van der Waals surface area contributed by atoms with E-state index in [-0.39, 0.29) is 17.8 Å². The van der Waals surface area contributed by atoms with Gasteiger partial charge in [0.1, 0.15) is 0 Å². The third-order valence-corrected chi connectivity index (χ3v) is 5.72. The highest BCUT2D eigenvalue weighted by Crippen LogP contribution is 2.24. The van der Waals surface area contributed by atoms with Crippen molar-refractivity contribution in [3.05, 3.63) is 29.8 Å². The Bertz CT molecular complexity index is 549. The molecule has 0 radical (unpaired) electrons. The van der Waals surface area contributed by atoms with Crippen LogP contribution in [0.3, 0.4) is 0 Å². The summed E-state index contributed by atoms with van der Waals surface area (Å²) in [5.74, 6) is 0.186. The Morgan fingerprint density at radius 2 is 2.05 bits per heavy atom. The highest BCUT2D eigenvalue weighted by Gasteiger charge is 2.29. The van der Waals surface area contributed by atoms with Crippen molar-refractivity contribution in [3.63, 3.8) is 0 Å². The molecule has 2 rings (SSSR count). The van der Waals surface area contributed by atoms with E-state index in [1.165, 1.54) is 4.31 Å². The Hall–Kier alpha value is -1.11. The van der Waals surface area contributed by atoms with Gasteiger partial charge in [0.25, 0.3) is 0 Å². The third-order valence-electron chi connectivity index (χ3n) is 3.87. The smallest absolute Gasteiger partial charge is 0.218 e. The number of hydrogen-bond acceptors (Lipinski definition) is 4. The molecule has 1 aromatic carbocycles. The molecule has 1 aromatic rings. The van der Waals surface area contributed by atoms with Crippen molar-refractivity contribution in [1.29, 1.82) is 0 Å². The van der Waals surface area contributed by atoms with Gasteiger partial charge in [-0.2, -0.15) is 0 Å². The van der Waals surface area contributed by atoms with Crippen molar-refractivity contribution >= 4 is 15.7 Å². The molecule has 0 saturated carbocycles. The number of nitrogen functional groups attached to an aromatic ring is 1. The second kappa shape index (κ2) is 6.11. The molecule has 0 bridgehead atoms. The zero-order valence-electron chi connectivity index (χ0n) is 11.7. The maximum absolute atomic E-state index is 12.4. The van der Waals surface area contributed by atoms with Crippen LogP contribution in [0.1, 0.15) is 25.3 Å². The Labute approximate surface area is 120 Å². The Kier molecular flexibility index (Phi) is 4.67. The van der Waals surface area contributed by atoms with Gasteiger partial charge in [0.15, 0.2) is 0 Å². The first-order chi connectivity index (χ1) is 9.38. The average molecular weight is 298 g/mol. The number of piperidine rings is 1. The summed E-state index contributed by atoms with van der Waals surface area (Å²) in [6.07, 6.45) is 1.07. The van der Waals surface area contributed by atoms with E-state index >= 15 is 0 Å². The first-order valence-corrected chi connectivity index (χ1v) is 8.50. The molecule has 1 aliphatic heterocycles. The van der Waals surface area contributed by atoms with Crippen LogP contribution in [-0.4, -0.2) is 37.0 Å². The quantitative estimate of drug-likeness (QED) is 0.818. The summed E-state index contributed by atoms with van der Waals surface area (Å²) in [5, 5.41) is 9.55. The number of aliphatic hydroxyl groups excluding tert-OH is 1. The predicted octanol–water partition coefficient (Wildman–Crippen LogP) is 1.19. The minimum Gasteiger partial charge on any atom is -0.399 e. The summed E-state index contributed by atoms with van der Waals surface area (Å²) in [5.41, 5.74) is 6.96. The number of aliphatic hydroxyl groups is 1. The van der Waals surface area contributed by atoms with E-state index in [2.05, 4.69) is 0 Å². The molecule has 3 N–H and O–H groups in total. The standard InChI is InChI=1S/C14H22N2O3S/c1-11(17)13-5-7-16(8-6-13)20(18,19)10-12-3-2-4-14(15)9-12/h2-4,9,11,13,17H,5-8,10,15H2,1H3.